The predicted molar refractivity (Wildman–Crippen MR) is 123 cm³/mol. The van der Waals surface area contributed by atoms with Gasteiger partial charge in [-0.1, -0.05) is 13.8 Å². The molecule has 1 aromatic rings. The molecule has 3 N–H and O–H groups in total. The molecular weight excluding hydrogens is 459 g/mol. The largest absolute Gasteiger partial charge is 0.384 e. The maximum Gasteiger partial charge on any atom is 0.278 e. The zero-order chi connectivity index (χ0) is 23.7. The lowest BCUT2D eigenvalue weighted by Crippen LogP contribution is -2.43. The van der Waals surface area contributed by atoms with E-state index in [4.69, 9.17) is 5.73 Å². The van der Waals surface area contributed by atoms with Gasteiger partial charge in [0.1, 0.15) is 10.7 Å². The van der Waals surface area contributed by atoms with Crippen molar-refractivity contribution in [3.63, 3.8) is 0 Å². The number of fused-ring (bicyclic) bond motifs is 1. The first-order valence-electron chi connectivity index (χ1n) is 10.5. The van der Waals surface area contributed by atoms with E-state index in [0.717, 1.165) is 11.4 Å². The van der Waals surface area contributed by atoms with E-state index in [2.05, 4.69) is 10.2 Å². The summed E-state index contributed by atoms with van der Waals surface area (Å²) in [5.41, 5.74) is 3.83. The van der Waals surface area contributed by atoms with E-state index in [1.165, 1.54) is 4.90 Å². The quantitative estimate of drug-likeness (QED) is 0.414. The molecule has 180 valence electrons. The highest BCUT2D eigenvalue weighted by Gasteiger charge is 2.59. The van der Waals surface area contributed by atoms with Gasteiger partial charge in [0.2, 0.25) is 0 Å². The minimum absolute atomic E-state index is 0.0718. The number of likely N-dealkylation sites (tertiary alicyclic amines) is 1. The maximum atomic E-state index is 14.5. The summed E-state index contributed by atoms with van der Waals surface area (Å²) in [7, 11) is -6.62. The summed E-state index contributed by atoms with van der Waals surface area (Å²) in [4.78, 5) is 16.1. The van der Waals surface area contributed by atoms with Crippen molar-refractivity contribution in [3.05, 3.63) is 24.3 Å². The number of carbonyl (C=O) groups excluding carboxylic acids is 1. The van der Waals surface area contributed by atoms with Gasteiger partial charge in [0.05, 0.1) is 11.5 Å². The number of alkyl halides is 1. The molecule has 1 aromatic carbocycles. The molecule has 0 aliphatic carbocycles. The van der Waals surface area contributed by atoms with Gasteiger partial charge < -0.3 is 20.9 Å². The Hall–Kier alpha value is -1.92. The van der Waals surface area contributed by atoms with Crippen molar-refractivity contribution >= 4 is 37.8 Å². The van der Waals surface area contributed by atoms with E-state index in [1.54, 1.807) is 0 Å². The van der Waals surface area contributed by atoms with Crippen molar-refractivity contribution in [2.75, 3.05) is 61.0 Å². The molecule has 0 spiro atoms. The summed E-state index contributed by atoms with van der Waals surface area (Å²) >= 11 is 0. The number of amides is 1. The number of nitrogens with one attached hydrogen (secondary N) is 1. The number of benzene rings is 1. The van der Waals surface area contributed by atoms with Crippen LogP contribution in [0.2, 0.25) is 0 Å². The zero-order valence-corrected chi connectivity index (χ0v) is 20.0. The van der Waals surface area contributed by atoms with Crippen molar-refractivity contribution in [1.82, 2.24) is 4.90 Å². The summed E-state index contributed by atoms with van der Waals surface area (Å²) in [6, 6.07) is 7.68. The molecule has 32 heavy (non-hydrogen) atoms. The third-order valence-electron chi connectivity index (χ3n) is 6.70. The molecule has 12 heteroatoms. The van der Waals surface area contributed by atoms with Gasteiger partial charge in [-0.15, -0.1) is 0 Å². The number of nitrogens with two attached hydrogens (primary N) is 1. The Morgan fingerprint density at radius 3 is 2.22 bits per heavy atom. The number of rotatable bonds is 9. The molecule has 2 aliphatic heterocycles. The average molecular weight is 491 g/mol. The van der Waals surface area contributed by atoms with Crippen LogP contribution in [0.1, 0.15) is 13.8 Å². The normalized spacial score (nSPS) is 26.4. The molecular formula is C20H31FN4O5S2. The molecule has 0 bridgehead atoms. The molecule has 2 heterocycles. The number of nitrogens with zero attached hydrogens (tertiary/aromatic N) is 2. The topological polar surface area (TPSA) is 130 Å². The first-order chi connectivity index (χ1) is 14.9. The standard InChI is InChI=1S/C20H31FN4O5S2/c1-19-11-24(16-5-3-15(4-6-16)23-8-9-31(27)28)12-20(19,2)14-25(13-19)18(26)17(21)32(29,30)10-7-22/h3-6,17,23,31H,7-14,22H2,1-2H3/t17?,19-,20+. The fourth-order valence-corrected chi connectivity index (χ4v) is 5.93. The molecule has 2 aliphatic rings. The Bertz CT molecular complexity index is 1000. The van der Waals surface area contributed by atoms with Crippen LogP contribution in [0.4, 0.5) is 15.8 Å². The third-order valence-corrected chi connectivity index (χ3v) is 8.92. The molecule has 1 unspecified atom stereocenters. The molecule has 2 saturated heterocycles. The van der Waals surface area contributed by atoms with E-state index in [1.807, 2.05) is 38.1 Å². The summed E-state index contributed by atoms with van der Waals surface area (Å²) in [6.07, 6.45) is 0. The van der Waals surface area contributed by atoms with Crippen LogP contribution in [-0.2, 0) is 25.3 Å². The number of halogens is 1. The second-order valence-corrected chi connectivity index (χ2v) is 12.4. The molecule has 1 amide bonds. The first-order valence-corrected chi connectivity index (χ1v) is 13.5. The number of thiol groups is 1. The Morgan fingerprint density at radius 2 is 1.72 bits per heavy atom. The van der Waals surface area contributed by atoms with Crippen LogP contribution < -0.4 is 16.0 Å². The lowest BCUT2D eigenvalue weighted by molar-refractivity contribution is -0.133. The Labute approximate surface area is 190 Å². The Kier molecular flexibility index (Phi) is 7.06. The van der Waals surface area contributed by atoms with Crippen LogP contribution in [0.15, 0.2) is 24.3 Å². The van der Waals surface area contributed by atoms with Gasteiger partial charge in [-0.3, -0.25) is 4.79 Å². The van der Waals surface area contributed by atoms with E-state index in [9.17, 15) is 26.0 Å². The van der Waals surface area contributed by atoms with Gasteiger partial charge in [0.15, 0.2) is 9.84 Å². The summed E-state index contributed by atoms with van der Waals surface area (Å²) in [5, 5.41) is 3.06. The smallest absolute Gasteiger partial charge is 0.278 e. The lowest BCUT2D eigenvalue weighted by atomic mass is 9.71. The van der Waals surface area contributed by atoms with Crippen LogP contribution in [0, 0.1) is 10.8 Å². The maximum absolute atomic E-state index is 14.5. The second kappa shape index (κ2) is 9.14. The fraction of sp³-hybridized carbons (Fsp3) is 0.650. The number of hydrogen-bond acceptors (Lipinski definition) is 8. The molecule has 9 nitrogen and oxygen atoms in total. The van der Waals surface area contributed by atoms with Crippen molar-refractivity contribution in [2.24, 2.45) is 16.6 Å². The lowest BCUT2D eigenvalue weighted by Gasteiger charge is -2.29. The SMILES string of the molecule is C[C@@]12CN(C(=O)C(F)S(=O)(=O)CCN)C[C@]1(C)CN(c1ccc(NCC[SH](=O)=O)cc1)C2. The van der Waals surface area contributed by atoms with E-state index in [0.29, 0.717) is 19.6 Å². The Morgan fingerprint density at radius 1 is 1.16 bits per heavy atom. The molecule has 3 rings (SSSR count). The molecule has 0 radical (unpaired) electrons. The van der Waals surface area contributed by atoms with Gasteiger partial charge >= 0.3 is 0 Å². The number of sulfone groups is 1. The van der Waals surface area contributed by atoms with Crippen molar-refractivity contribution in [2.45, 2.75) is 19.4 Å². The summed E-state index contributed by atoms with van der Waals surface area (Å²) < 4.78 is 59.7. The second-order valence-electron chi connectivity index (χ2n) is 9.17. The monoisotopic (exact) mass is 490 g/mol. The summed E-state index contributed by atoms with van der Waals surface area (Å²) in [6.45, 7) is 6.05. The average Bonchev–Trinajstić information content (AvgIpc) is 3.11. The minimum atomic E-state index is -4.21. The minimum Gasteiger partial charge on any atom is -0.384 e. The van der Waals surface area contributed by atoms with Gasteiger partial charge in [0.25, 0.3) is 11.4 Å². The molecule has 0 saturated carbocycles. The third kappa shape index (κ3) is 4.86. The van der Waals surface area contributed by atoms with Crippen LogP contribution in [-0.4, -0.2) is 83.9 Å². The van der Waals surface area contributed by atoms with Crippen LogP contribution >= 0.6 is 0 Å². The highest BCUT2D eigenvalue weighted by molar-refractivity contribution is 7.92. The zero-order valence-electron chi connectivity index (χ0n) is 18.3. The van der Waals surface area contributed by atoms with E-state index < -0.39 is 37.7 Å². The van der Waals surface area contributed by atoms with Crippen LogP contribution in [0.25, 0.3) is 0 Å². The van der Waals surface area contributed by atoms with E-state index in [-0.39, 0.29) is 36.2 Å². The van der Waals surface area contributed by atoms with Crippen LogP contribution in [0.3, 0.4) is 0 Å². The predicted octanol–water partition coefficient (Wildman–Crippen LogP) is 0.0538. The van der Waals surface area contributed by atoms with Gasteiger partial charge in [-0.05, 0) is 24.3 Å². The highest BCUT2D eigenvalue weighted by atomic mass is 32.2. The van der Waals surface area contributed by atoms with Crippen LogP contribution in [0.5, 0.6) is 0 Å². The number of carbonyl (C=O) groups is 1. The van der Waals surface area contributed by atoms with Crippen molar-refractivity contribution in [3.8, 4) is 0 Å². The number of hydrogen-bond donors (Lipinski definition) is 3. The first kappa shape index (κ1) is 24.7. The summed E-state index contributed by atoms with van der Waals surface area (Å²) in [5.74, 6) is -1.49. The number of anilines is 2. The molecule has 0 aromatic heterocycles. The molecule has 2 fully saturated rings. The van der Waals surface area contributed by atoms with Gasteiger partial charge in [-0.25, -0.2) is 21.2 Å². The van der Waals surface area contributed by atoms with Crippen molar-refractivity contribution in [1.29, 1.82) is 0 Å². The van der Waals surface area contributed by atoms with E-state index >= 15 is 0 Å². The molecule has 3 atom stereocenters. The van der Waals surface area contributed by atoms with Gasteiger partial charge in [0, 0.05) is 61.5 Å². The van der Waals surface area contributed by atoms with Gasteiger partial charge in [-0.2, -0.15) is 0 Å². The highest BCUT2D eigenvalue weighted by Crippen LogP contribution is 2.52. The fourth-order valence-electron chi connectivity index (χ4n) is 4.65. The van der Waals surface area contributed by atoms with Crippen molar-refractivity contribution < 1.29 is 26.0 Å². The Balaban J connectivity index is 1.66.